The molecule has 0 aromatic heterocycles. The lowest BCUT2D eigenvalue weighted by Gasteiger charge is -2.23. The average Bonchev–Trinajstić information content (AvgIpc) is 2.06. The first-order valence-electron chi connectivity index (χ1n) is 5.19. The van der Waals surface area contributed by atoms with Gasteiger partial charge in [0.1, 0.15) is 0 Å². The molecule has 98 valence electrons. The van der Waals surface area contributed by atoms with Crippen LogP contribution >= 0.6 is 0 Å². The maximum absolute atomic E-state index is 12.3. The van der Waals surface area contributed by atoms with E-state index in [-0.39, 0.29) is 31.8 Å². The predicted molar refractivity (Wildman–Crippen MR) is 55.2 cm³/mol. The van der Waals surface area contributed by atoms with Crippen molar-refractivity contribution in [1.82, 2.24) is 0 Å². The molecule has 0 aromatic rings. The molecule has 0 heterocycles. The zero-order valence-corrected chi connectivity index (χ0v) is 9.93. The van der Waals surface area contributed by atoms with Gasteiger partial charge in [0.25, 0.3) is 0 Å². The van der Waals surface area contributed by atoms with Crippen LogP contribution in [-0.4, -0.2) is 37.6 Å². The molecule has 3 nitrogen and oxygen atoms in total. The quantitative estimate of drug-likeness (QED) is 0.726. The summed E-state index contributed by atoms with van der Waals surface area (Å²) >= 11 is 0. The molecule has 0 aliphatic heterocycles. The lowest BCUT2D eigenvalue weighted by atomic mass is 10.2. The van der Waals surface area contributed by atoms with Crippen LogP contribution in [0.4, 0.5) is 13.2 Å². The third-order valence-electron chi connectivity index (χ3n) is 1.73. The molecule has 6 heteroatoms. The molecule has 0 saturated heterocycles. The Morgan fingerprint density at radius 3 is 2.06 bits per heavy atom. The molecule has 0 bridgehead atoms. The third kappa shape index (κ3) is 7.90. The van der Waals surface area contributed by atoms with Crippen LogP contribution in [0.25, 0.3) is 0 Å². The summed E-state index contributed by atoms with van der Waals surface area (Å²) in [6, 6.07) is 0. The van der Waals surface area contributed by atoms with Crippen LogP contribution in [0.1, 0.15) is 27.2 Å². The number of hydrogen-bond acceptors (Lipinski definition) is 3. The van der Waals surface area contributed by atoms with Gasteiger partial charge in [0, 0.05) is 0 Å². The molecule has 1 atom stereocenters. The molecule has 0 radical (unpaired) electrons. The molecule has 0 spiro atoms. The highest BCUT2D eigenvalue weighted by molar-refractivity contribution is 4.68. The van der Waals surface area contributed by atoms with Crippen LogP contribution in [0.15, 0.2) is 0 Å². The van der Waals surface area contributed by atoms with Gasteiger partial charge in [-0.25, -0.2) is 0 Å². The molecule has 0 aromatic carbocycles. The van der Waals surface area contributed by atoms with Crippen LogP contribution in [0.2, 0.25) is 0 Å². The van der Waals surface area contributed by atoms with Gasteiger partial charge in [-0.15, -0.1) is 0 Å². The number of nitrogens with two attached hydrogens (primary N) is 1. The van der Waals surface area contributed by atoms with Gasteiger partial charge in [0.2, 0.25) is 0 Å². The zero-order chi connectivity index (χ0) is 12.8. The molecule has 0 saturated carbocycles. The van der Waals surface area contributed by atoms with Crippen molar-refractivity contribution in [1.29, 1.82) is 0 Å². The normalized spacial score (nSPS) is 15.2. The van der Waals surface area contributed by atoms with Gasteiger partial charge in [-0.1, -0.05) is 0 Å². The van der Waals surface area contributed by atoms with Gasteiger partial charge in [-0.3, -0.25) is 0 Å². The van der Waals surface area contributed by atoms with Gasteiger partial charge in [-0.05, 0) is 33.7 Å². The Morgan fingerprint density at radius 1 is 1.12 bits per heavy atom. The van der Waals surface area contributed by atoms with Crippen LogP contribution < -0.4 is 5.73 Å². The zero-order valence-electron chi connectivity index (χ0n) is 9.93. The van der Waals surface area contributed by atoms with Crippen molar-refractivity contribution < 1.29 is 22.6 Å². The van der Waals surface area contributed by atoms with E-state index >= 15 is 0 Å². The Balaban J connectivity index is 3.86. The Labute approximate surface area is 94.1 Å². The number of halogens is 3. The van der Waals surface area contributed by atoms with E-state index in [0.717, 1.165) is 0 Å². The largest absolute Gasteiger partial charge is 0.414 e. The topological polar surface area (TPSA) is 44.5 Å². The summed E-state index contributed by atoms with van der Waals surface area (Å²) in [5.74, 6) is 0. The maximum atomic E-state index is 12.3. The molecular formula is C10H20F3NO2. The van der Waals surface area contributed by atoms with Crippen LogP contribution in [0, 0.1) is 0 Å². The first kappa shape index (κ1) is 15.7. The van der Waals surface area contributed by atoms with E-state index in [1.54, 1.807) is 0 Å². The minimum atomic E-state index is -4.36. The highest BCUT2D eigenvalue weighted by Gasteiger charge is 2.39. The molecule has 0 aliphatic rings. The summed E-state index contributed by atoms with van der Waals surface area (Å²) in [5.41, 5.74) is 4.72. The second kappa shape index (κ2) is 6.42. The summed E-state index contributed by atoms with van der Waals surface area (Å²) in [5, 5.41) is 0. The lowest BCUT2D eigenvalue weighted by Crippen LogP contribution is -2.35. The third-order valence-corrected chi connectivity index (χ3v) is 1.73. The second-order valence-corrected chi connectivity index (χ2v) is 4.44. The number of hydrogen-bond donors (Lipinski definition) is 1. The van der Waals surface area contributed by atoms with Crippen molar-refractivity contribution in [3.8, 4) is 0 Å². The molecule has 0 fully saturated rings. The number of ether oxygens (including phenoxy) is 2. The Kier molecular flexibility index (Phi) is 6.28. The minimum Gasteiger partial charge on any atom is -0.373 e. The standard InChI is InChI=1S/C10H20F3NO2/c1-9(2,3)16-7-6-15-8(4-5-14)10(11,12)13/h8H,4-7,14H2,1-3H3. The van der Waals surface area contributed by atoms with E-state index in [1.807, 2.05) is 20.8 Å². The van der Waals surface area contributed by atoms with Crippen molar-refractivity contribution in [2.45, 2.75) is 45.1 Å². The van der Waals surface area contributed by atoms with Gasteiger partial charge in [0.15, 0.2) is 6.10 Å². The summed E-state index contributed by atoms with van der Waals surface area (Å²) in [7, 11) is 0. The molecule has 0 aliphatic carbocycles. The summed E-state index contributed by atoms with van der Waals surface area (Å²) < 4.78 is 47.0. The van der Waals surface area contributed by atoms with Crippen LogP contribution in [-0.2, 0) is 9.47 Å². The van der Waals surface area contributed by atoms with Crippen molar-refractivity contribution >= 4 is 0 Å². The summed E-state index contributed by atoms with van der Waals surface area (Å²) in [4.78, 5) is 0. The average molecular weight is 243 g/mol. The smallest absolute Gasteiger partial charge is 0.373 e. The number of alkyl halides is 3. The second-order valence-electron chi connectivity index (χ2n) is 4.44. The van der Waals surface area contributed by atoms with Crippen molar-refractivity contribution in [2.75, 3.05) is 19.8 Å². The first-order valence-corrected chi connectivity index (χ1v) is 5.19. The van der Waals surface area contributed by atoms with E-state index in [2.05, 4.69) is 0 Å². The van der Waals surface area contributed by atoms with Crippen molar-refractivity contribution in [2.24, 2.45) is 5.73 Å². The fourth-order valence-corrected chi connectivity index (χ4v) is 1.03. The predicted octanol–water partition coefficient (Wildman–Crippen LogP) is 2.10. The van der Waals surface area contributed by atoms with Gasteiger partial charge < -0.3 is 15.2 Å². The van der Waals surface area contributed by atoms with Gasteiger partial charge >= 0.3 is 6.18 Å². The Hall–Kier alpha value is -0.330. The monoisotopic (exact) mass is 243 g/mol. The molecule has 0 amide bonds. The van der Waals surface area contributed by atoms with Crippen molar-refractivity contribution in [3.63, 3.8) is 0 Å². The molecule has 0 rings (SSSR count). The highest BCUT2D eigenvalue weighted by atomic mass is 19.4. The van der Waals surface area contributed by atoms with E-state index in [9.17, 15) is 13.2 Å². The highest BCUT2D eigenvalue weighted by Crippen LogP contribution is 2.24. The van der Waals surface area contributed by atoms with Crippen molar-refractivity contribution in [3.05, 3.63) is 0 Å². The van der Waals surface area contributed by atoms with E-state index in [4.69, 9.17) is 15.2 Å². The van der Waals surface area contributed by atoms with E-state index in [0.29, 0.717) is 0 Å². The minimum absolute atomic E-state index is 0.0513. The SMILES string of the molecule is CC(C)(C)OCCOC(CCN)C(F)(F)F. The van der Waals surface area contributed by atoms with E-state index < -0.39 is 12.3 Å². The maximum Gasteiger partial charge on any atom is 0.414 e. The number of rotatable bonds is 6. The molecular weight excluding hydrogens is 223 g/mol. The molecule has 1 unspecified atom stereocenters. The lowest BCUT2D eigenvalue weighted by molar-refractivity contribution is -0.225. The molecule has 16 heavy (non-hydrogen) atoms. The van der Waals surface area contributed by atoms with Crippen LogP contribution in [0.5, 0.6) is 0 Å². The summed E-state index contributed by atoms with van der Waals surface area (Å²) in [6.45, 7) is 5.49. The molecule has 2 N–H and O–H groups in total. The van der Waals surface area contributed by atoms with Crippen LogP contribution in [0.3, 0.4) is 0 Å². The first-order chi connectivity index (χ1) is 7.17. The summed E-state index contributed by atoms with van der Waals surface area (Å²) in [6.07, 6.45) is -6.37. The van der Waals surface area contributed by atoms with E-state index in [1.165, 1.54) is 0 Å². The fourth-order valence-electron chi connectivity index (χ4n) is 1.03. The van der Waals surface area contributed by atoms with Gasteiger partial charge in [0.05, 0.1) is 18.8 Å². The Morgan fingerprint density at radius 2 is 1.69 bits per heavy atom. The Bertz CT molecular complexity index is 189. The van der Waals surface area contributed by atoms with Gasteiger partial charge in [-0.2, -0.15) is 13.2 Å². The fraction of sp³-hybridized carbons (Fsp3) is 1.00.